The highest BCUT2D eigenvalue weighted by Crippen LogP contribution is 2.28. The van der Waals surface area contributed by atoms with Crippen LogP contribution in [0.3, 0.4) is 0 Å². The first-order valence-corrected chi connectivity index (χ1v) is 8.01. The molecule has 26 heavy (non-hydrogen) atoms. The second-order valence-corrected chi connectivity index (χ2v) is 5.25. The summed E-state index contributed by atoms with van der Waals surface area (Å²) in [5, 5.41) is 8.64. The summed E-state index contributed by atoms with van der Waals surface area (Å²) in [7, 11) is 1.55. The molecule has 6 nitrogen and oxygen atoms in total. The summed E-state index contributed by atoms with van der Waals surface area (Å²) >= 11 is 0. The average molecular weight is 356 g/mol. The van der Waals surface area contributed by atoms with Gasteiger partial charge < -0.3 is 19.3 Å². The number of aliphatic carboxylic acids is 1. The lowest BCUT2D eigenvalue weighted by molar-refractivity contribution is -0.139. The Labute approximate surface area is 151 Å². The monoisotopic (exact) mass is 356 g/mol. The molecular weight excluding hydrogens is 336 g/mol. The van der Waals surface area contributed by atoms with Crippen molar-refractivity contribution >= 4 is 17.8 Å². The molecule has 136 valence electrons. The molecule has 0 aromatic heterocycles. The zero-order chi connectivity index (χ0) is 18.9. The van der Waals surface area contributed by atoms with E-state index in [2.05, 4.69) is 0 Å². The Kier molecular flexibility index (Phi) is 6.79. The smallest absolute Gasteiger partial charge is 0.341 e. The maximum Gasteiger partial charge on any atom is 0.341 e. The van der Waals surface area contributed by atoms with Crippen LogP contribution in [0.1, 0.15) is 22.8 Å². The molecule has 6 heteroatoms. The van der Waals surface area contributed by atoms with Crippen molar-refractivity contribution in [2.75, 3.05) is 20.3 Å². The Morgan fingerprint density at radius 2 is 1.88 bits per heavy atom. The van der Waals surface area contributed by atoms with Crippen LogP contribution in [0.25, 0.3) is 6.08 Å². The summed E-state index contributed by atoms with van der Waals surface area (Å²) in [6.07, 6.45) is 3.11. The van der Waals surface area contributed by atoms with Gasteiger partial charge in [0.25, 0.3) is 0 Å². The van der Waals surface area contributed by atoms with E-state index in [0.717, 1.165) is 5.56 Å². The molecule has 0 bridgehead atoms. The lowest BCUT2D eigenvalue weighted by Crippen LogP contribution is -2.09. The van der Waals surface area contributed by atoms with Crippen LogP contribution in [-0.4, -0.2) is 37.2 Å². The predicted molar refractivity (Wildman–Crippen MR) is 97.1 cm³/mol. The molecule has 0 saturated carbocycles. The third-order valence-electron chi connectivity index (χ3n) is 3.40. The van der Waals surface area contributed by atoms with E-state index in [9.17, 15) is 9.59 Å². The maximum absolute atomic E-state index is 12.3. The first kappa shape index (κ1) is 19.1. The van der Waals surface area contributed by atoms with E-state index in [-0.39, 0.29) is 5.78 Å². The molecule has 0 unspecified atom stereocenters. The highest BCUT2D eigenvalue weighted by atomic mass is 16.5. The Balaban J connectivity index is 2.11. The third-order valence-corrected chi connectivity index (χ3v) is 3.40. The van der Waals surface area contributed by atoms with E-state index in [0.29, 0.717) is 29.4 Å². The highest BCUT2D eigenvalue weighted by Gasteiger charge is 2.07. The van der Waals surface area contributed by atoms with Gasteiger partial charge in [0, 0.05) is 5.56 Å². The summed E-state index contributed by atoms with van der Waals surface area (Å²) in [6.45, 7) is 1.96. The minimum Gasteiger partial charge on any atom is -0.493 e. The fourth-order valence-electron chi connectivity index (χ4n) is 2.21. The Morgan fingerprint density at radius 1 is 1.08 bits per heavy atom. The topological polar surface area (TPSA) is 82.1 Å². The number of hydrogen-bond donors (Lipinski definition) is 1. The number of ether oxygens (including phenoxy) is 3. The zero-order valence-electron chi connectivity index (χ0n) is 14.6. The molecule has 0 fully saturated rings. The summed E-state index contributed by atoms with van der Waals surface area (Å²) in [4.78, 5) is 22.9. The highest BCUT2D eigenvalue weighted by molar-refractivity contribution is 6.07. The second-order valence-electron chi connectivity index (χ2n) is 5.25. The molecule has 0 amide bonds. The van der Waals surface area contributed by atoms with E-state index in [1.54, 1.807) is 43.5 Å². The minimum atomic E-state index is -1.08. The summed E-state index contributed by atoms with van der Waals surface area (Å²) in [5.74, 6) is 0.256. The SMILES string of the molecule is CCOc1ccc(/C=C/C(=O)c2cccc(OCC(=O)O)c2)cc1OC. The summed E-state index contributed by atoms with van der Waals surface area (Å²) < 4.78 is 15.8. The number of carbonyl (C=O) groups excluding carboxylic acids is 1. The van der Waals surface area contributed by atoms with Crippen molar-refractivity contribution in [2.45, 2.75) is 6.92 Å². The van der Waals surface area contributed by atoms with E-state index < -0.39 is 12.6 Å². The standard InChI is InChI=1S/C20H20O6/c1-3-25-18-10-8-14(11-19(18)24-2)7-9-17(21)15-5-4-6-16(12-15)26-13-20(22)23/h4-12H,3,13H2,1-2H3,(H,22,23)/b9-7+. The van der Waals surface area contributed by atoms with E-state index >= 15 is 0 Å². The quantitative estimate of drug-likeness (QED) is 0.547. The number of carboxylic acids is 1. The molecule has 0 aliphatic carbocycles. The van der Waals surface area contributed by atoms with Crippen LogP contribution >= 0.6 is 0 Å². The van der Waals surface area contributed by atoms with Crippen molar-refractivity contribution in [2.24, 2.45) is 0 Å². The van der Waals surface area contributed by atoms with Gasteiger partial charge >= 0.3 is 5.97 Å². The lowest BCUT2D eigenvalue weighted by Gasteiger charge is -2.09. The van der Waals surface area contributed by atoms with E-state index in [1.165, 1.54) is 12.1 Å². The van der Waals surface area contributed by atoms with Gasteiger partial charge in [-0.05, 0) is 42.8 Å². The van der Waals surface area contributed by atoms with Crippen LogP contribution in [0.2, 0.25) is 0 Å². The first-order valence-electron chi connectivity index (χ1n) is 8.01. The van der Waals surface area contributed by atoms with E-state index in [1.807, 2.05) is 13.0 Å². The summed E-state index contributed by atoms with van der Waals surface area (Å²) in [6, 6.07) is 11.8. The molecule has 2 aromatic rings. The minimum absolute atomic E-state index is 0.223. The second kappa shape index (κ2) is 9.27. The van der Waals surface area contributed by atoms with Gasteiger partial charge in [-0.15, -0.1) is 0 Å². The van der Waals surface area contributed by atoms with Gasteiger partial charge in [-0.3, -0.25) is 4.79 Å². The van der Waals surface area contributed by atoms with Gasteiger partial charge in [0.15, 0.2) is 23.9 Å². The fourth-order valence-corrected chi connectivity index (χ4v) is 2.21. The van der Waals surface area contributed by atoms with Gasteiger partial charge in [-0.1, -0.05) is 24.3 Å². The van der Waals surface area contributed by atoms with Crippen LogP contribution in [0, 0.1) is 0 Å². The Morgan fingerprint density at radius 3 is 2.58 bits per heavy atom. The number of hydrogen-bond acceptors (Lipinski definition) is 5. The Hall–Kier alpha value is -3.28. The number of allylic oxidation sites excluding steroid dienone is 1. The molecule has 2 aromatic carbocycles. The molecule has 2 rings (SSSR count). The number of carbonyl (C=O) groups is 2. The molecule has 0 radical (unpaired) electrons. The number of carboxylic acid groups (broad SMARTS) is 1. The van der Waals surface area contributed by atoms with Crippen LogP contribution in [0.5, 0.6) is 17.2 Å². The molecule has 0 atom stereocenters. The zero-order valence-corrected chi connectivity index (χ0v) is 14.6. The number of rotatable bonds is 9. The number of ketones is 1. The van der Waals surface area contributed by atoms with Gasteiger partial charge in [0.05, 0.1) is 13.7 Å². The Bertz CT molecular complexity index is 810. The van der Waals surface area contributed by atoms with Gasteiger partial charge in [-0.25, -0.2) is 4.79 Å². The van der Waals surface area contributed by atoms with Gasteiger partial charge in [-0.2, -0.15) is 0 Å². The molecular formula is C20H20O6. The molecule has 0 heterocycles. The maximum atomic E-state index is 12.3. The van der Waals surface area contributed by atoms with Crippen molar-refractivity contribution < 1.29 is 28.9 Å². The predicted octanol–water partition coefficient (Wildman–Crippen LogP) is 3.45. The molecule has 0 aliphatic rings. The average Bonchev–Trinajstić information content (AvgIpc) is 2.65. The van der Waals surface area contributed by atoms with Gasteiger partial charge in [0.2, 0.25) is 0 Å². The number of methoxy groups -OCH3 is 1. The van der Waals surface area contributed by atoms with Crippen molar-refractivity contribution in [3.63, 3.8) is 0 Å². The third kappa shape index (κ3) is 5.37. The first-order chi connectivity index (χ1) is 12.5. The lowest BCUT2D eigenvalue weighted by atomic mass is 10.1. The van der Waals surface area contributed by atoms with Crippen molar-refractivity contribution in [1.82, 2.24) is 0 Å². The molecule has 1 N–H and O–H groups in total. The molecule has 0 saturated heterocycles. The van der Waals surface area contributed by atoms with E-state index in [4.69, 9.17) is 19.3 Å². The van der Waals surface area contributed by atoms with Crippen LogP contribution < -0.4 is 14.2 Å². The van der Waals surface area contributed by atoms with Crippen molar-refractivity contribution in [3.8, 4) is 17.2 Å². The van der Waals surface area contributed by atoms with Gasteiger partial charge in [0.1, 0.15) is 5.75 Å². The van der Waals surface area contributed by atoms with Crippen LogP contribution in [-0.2, 0) is 4.79 Å². The fraction of sp³-hybridized carbons (Fsp3) is 0.200. The normalized spacial score (nSPS) is 10.5. The van der Waals surface area contributed by atoms with Crippen LogP contribution in [0.15, 0.2) is 48.5 Å². The van der Waals surface area contributed by atoms with Crippen LogP contribution in [0.4, 0.5) is 0 Å². The molecule has 0 spiro atoms. The van der Waals surface area contributed by atoms with Crippen molar-refractivity contribution in [3.05, 3.63) is 59.7 Å². The largest absolute Gasteiger partial charge is 0.493 e. The van der Waals surface area contributed by atoms with Crippen molar-refractivity contribution in [1.29, 1.82) is 0 Å². The molecule has 0 aliphatic heterocycles. The number of benzene rings is 2. The summed E-state index contributed by atoms with van der Waals surface area (Å²) in [5.41, 5.74) is 1.19.